The van der Waals surface area contributed by atoms with Gasteiger partial charge in [0, 0.05) is 50.1 Å². The lowest BCUT2D eigenvalue weighted by atomic mass is 9.77. The number of piperidine rings is 1. The Morgan fingerprint density at radius 2 is 1.78 bits per heavy atom. The highest BCUT2D eigenvalue weighted by Crippen LogP contribution is 2.37. The second-order valence-electron chi connectivity index (χ2n) is 11.3. The number of imidazole rings is 1. The van der Waals surface area contributed by atoms with Gasteiger partial charge < -0.3 is 20.3 Å². The van der Waals surface area contributed by atoms with Crippen LogP contribution < -0.4 is 5.32 Å². The van der Waals surface area contributed by atoms with Crippen LogP contribution in [0.15, 0.2) is 36.5 Å². The Morgan fingerprint density at radius 3 is 2.49 bits per heavy atom. The molecule has 2 saturated heterocycles. The molecule has 3 aliphatic rings. The number of unbranched alkanes of at least 4 members (excludes halogenated alkanes) is 1. The Labute approximate surface area is 219 Å². The quantitative estimate of drug-likeness (QED) is 0.507. The molecule has 1 atom stereocenters. The first kappa shape index (κ1) is 25.9. The predicted octanol–water partition coefficient (Wildman–Crippen LogP) is 3.62. The molecule has 1 aliphatic carbocycles. The Hall–Kier alpha value is -2.71. The van der Waals surface area contributed by atoms with Crippen LogP contribution in [0, 0.1) is 0 Å². The van der Waals surface area contributed by atoms with Gasteiger partial charge in [-0.25, -0.2) is 4.98 Å². The van der Waals surface area contributed by atoms with Crippen molar-refractivity contribution in [2.45, 2.75) is 94.9 Å². The lowest BCUT2D eigenvalue weighted by Gasteiger charge is -2.52. The fourth-order valence-corrected chi connectivity index (χ4v) is 6.45. The number of nitrogens with one attached hydrogen (secondary N) is 2. The molecule has 0 unspecified atom stereocenters. The molecular weight excluding hydrogens is 466 g/mol. The maximum absolute atomic E-state index is 13.7. The highest BCUT2D eigenvalue weighted by molar-refractivity contribution is 6.00. The molecule has 2 aliphatic heterocycles. The van der Waals surface area contributed by atoms with E-state index in [1.54, 1.807) is 0 Å². The van der Waals surface area contributed by atoms with Crippen molar-refractivity contribution in [1.29, 1.82) is 0 Å². The van der Waals surface area contributed by atoms with E-state index in [1.165, 1.54) is 0 Å². The number of aliphatic hydroxyl groups is 1. The average Bonchev–Trinajstić information content (AvgIpc) is 3.38. The average molecular weight is 508 g/mol. The smallest absolute Gasteiger partial charge is 0.246 e. The number of piperazine rings is 1. The van der Waals surface area contributed by atoms with E-state index in [4.69, 9.17) is 0 Å². The maximum atomic E-state index is 13.7. The molecule has 200 valence electrons. The van der Waals surface area contributed by atoms with E-state index >= 15 is 0 Å². The monoisotopic (exact) mass is 507 g/mol. The van der Waals surface area contributed by atoms with Crippen molar-refractivity contribution in [3.8, 4) is 11.4 Å². The lowest BCUT2D eigenvalue weighted by molar-refractivity contribution is -0.163. The van der Waals surface area contributed by atoms with Gasteiger partial charge in [0.1, 0.15) is 17.4 Å². The summed E-state index contributed by atoms with van der Waals surface area (Å²) in [5.41, 5.74) is 0.460. The second kappa shape index (κ2) is 11.0. The molecule has 5 rings (SSSR count). The van der Waals surface area contributed by atoms with E-state index in [0.29, 0.717) is 38.6 Å². The number of hydrogen-bond donors (Lipinski definition) is 3. The van der Waals surface area contributed by atoms with Gasteiger partial charge in [0.15, 0.2) is 0 Å². The van der Waals surface area contributed by atoms with Gasteiger partial charge in [-0.15, -0.1) is 0 Å². The summed E-state index contributed by atoms with van der Waals surface area (Å²) in [6.07, 6.45) is 9.79. The lowest BCUT2D eigenvalue weighted by Crippen LogP contribution is -2.73. The van der Waals surface area contributed by atoms with E-state index < -0.39 is 17.2 Å². The molecule has 1 aromatic heterocycles. The zero-order valence-electron chi connectivity index (χ0n) is 22.0. The van der Waals surface area contributed by atoms with Gasteiger partial charge in [0.2, 0.25) is 11.8 Å². The third-order valence-corrected chi connectivity index (χ3v) is 8.67. The Bertz CT molecular complexity index is 1070. The van der Waals surface area contributed by atoms with Crippen LogP contribution in [-0.4, -0.2) is 73.5 Å². The van der Waals surface area contributed by atoms with Crippen LogP contribution >= 0.6 is 0 Å². The van der Waals surface area contributed by atoms with E-state index in [0.717, 1.165) is 68.8 Å². The van der Waals surface area contributed by atoms with Crippen molar-refractivity contribution in [3.05, 3.63) is 42.2 Å². The first-order chi connectivity index (χ1) is 17.9. The van der Waals surface area contributed by atoms with Gasteiger partial charge in [-0.3, -0.25) is 14.5 Å². The number of rotatable bonds is 8. The minimum Gasteiger partial charge on any atom is -0.390 e. The van der Waals surface area contributed by atoms with E-state index in [1.807, 2.05) is 41.4 Å². The number of carbonyl (C=O) groups is 2. The highest BCUT2D eigenvalue weighted by atomic mass is 16.3. The topological polar surface area (TPSA) is 102 Å². The SMILES string of the molecule is CCCCN1C(=O)[C@@H](CC2(O)CCCCC2)NC(=O)C12CCN(Cc1cnc(-c3ccccc3)[nH]1)CC2. The fraction of sp³-hybridized carbons (Fsp3) is 0.621. The summed E-state index contributed by atoms with van der Waals surface area (Å²) in [4.78, 5) is 39.6. The standard InChI is InChI=1S/C29H41N5O3/c1-2-3-16-34-26(35)24(19-28(37)12-8-5-9-13-28)32-27(36)29(34)14-17-33(18-15-29)21-23-20-30-25(31-23)22-10-6-4-7-11-22/h4,6-7,10-11,20,24,37H,2-3,5,8-9,12-19,21H2,1H3,(H,30,31)(H,32,36)/t24-/m1/s1. The summed E-state index contributed by atoms with van der Waals surface area (Å²) in [6.45, 7) is 4.91. The van der Waals surface area contributed by atoms with Crippen molar-refractivity contribution in [3.63, 3.8) is 0 Å². The molecule has 8 nitrogen and oxygen atoms in total. The van der Waals surface area contributed by atoms with Crippen molar-refractivity contribution < 1.29 is 14.7 Å². The molecule has 2 amide bonds. The summed E-state index contributed by atoms with van der Waals surface area (Å²) in [5, 5.41) is 14.2. The van der Waals surface area contributed by atoms with Gasteiger partial charge in [-0.1, -0.05) is 62.9 Å². The summed E-state index contributed by atoms with van der Waals surface area (Å²) in [5.74, 6) is 0.805. The van der Waals surface area contributed by atoms with Crippen molar-refractivity contribution in [1.82, 2.24) is 25.1 Å². The van der Waals surface area contributed by atoms with Crippen LogP contribution in [0.1, 0.15) is 76.8 Å². The molecule has 0 radical (unpaired) electrons. The number of aromatic nitrogens is 2. The van der Waals surface area contributed by atoms with Gasteiger partial charge in [-0.2, -0.15) is 0 Å². The molecule has 2 aromatic rings. The predicted molar refractivity (Wildman–Crippen MR) is 142 cm³/mol. The molecular formula is C29H41N5O3. The molecule has 3 N–H and O–H groups in total. The zero-order valence-corrected chi connectivity index (χ0v) is 22.0. The maximum Gasteiger partial charge on any atom is 0.246 e. The van der Waals surface area contributed by atoms with Crippen molar-refractivity contribution in [2.75, 3.05) is 19.6 Å². The number of H-pyrrole nitrogens is 1. The van der Waals surface area contributed by atoms with E-state index in [9.17, 15) is 14.7 Å². The van der Waals surface area contributed by atoms with Crippen molar-refractivity contribution >= 4 is 11.8 Å². The number of aromatic amines is 1. The molecule has 1 spiro atoms. The van der Waals surface area contributed by atoms with Gasteiger partial charge in [-0.05, 0) is 32.1 Å². The van der Waals surface area contributed by atoms with Gasteiger partial charge >= 0.3 is 0 Å². The van der Waals surface area contributed by atoms with Crippen molar-refractivity contribution in [2.24, 2.45) is 0 Å². The molecule has 3 fully saturated rings. The number of likely N-dealkylation sites (tertiary alicyclic amines) is 1. The van der Waals surface area contributed by atoms with E-state index in [-0.39, 0.29) is 11.8 Å². The molecule has 3 heterocycles. The highest BCUT2D eigenvalue weighted by Gasteiger charge is 2.54. The summed E-state index contributed by atoms with van der Waals surface area (Å²) < 4.78 is 0. The number of nitrogens with zero attached hydrogens (tertiary/aromatic N) is 3. The third-order valence-electron chi connectivity index (χ3n) is 8.67. The van der Waals surface area contributed by atoms with Crippen LogP contribution in [0.25, 0.3) is 11.4 Å². The summed E-state index contributed by atoms with van der Waals surface area (Å²) >= 11 is 0. The van der Waals surface area contributed by atoms with Gasteiger partial charge in [0.05, 0.1) is 5.60 Å². The minimum atomic E-state index is -0.848. The number of hydrogen-bond acceptors (Lipinski definition) is 5. The van der Waals surface area contributed by atoms with Crippen LogP contribution in [0.2, 0.25) is 0 Å². The first-order valence-electron chi connectivity index (χ1n) is 14.1. The second-order valence-corrected chi connectivity index (χ2v) is 11.3. The fourth-order valence-electron chi connectivity index (χ4n) is 6.45. The molecule has 1 aromatic carbocycles. The Balaban J connectivity index is 1.25. The number of carbonyl (C=O) groups excluding carboxylic acids is 2. The molecule has 37 heavy (non-hydrogen) atoms. The summed E-state index contributed by atoms with van der Waals surface area (Å²) in [6, 6.07) is 9.45. The largest absolute Gasteiger partial charge is 0.390 e. The Morgan fingerprint density at radius 1 is 1.05 bits per heavy atom. The normalized spacial score (nSPS) is 23.8. The Kier molecular flexibility index (Phi) is 7.67. The molecule has 0 bridgehead atoms. The molecule has 8 heteroatoms. The minimum absolute atomic E-state index is 0.0124. The van der Waals surface area contributed by atoms with Crippen LogP contribution in [-0.2, 0) is 16.1 Å². The first-order valence-corrected chi connectivity index (χ1v) is 14.1. The van der Waals surface area contributed by atoms with Crippen LogP contribution in [0.4, 0.5) is 0 Å². The third kappa shape index (κ3) is 5.46. The van der Waals surface area contributed by atoms with Crippen LogP contribution in [0.5, 0.6) is 0 Å². The number of benzene rings is 1. The number of amides is 2. The van der Waals surface area contributed by atoms with E-state index in [2.05, 4.69) is 27.1 Å². The zero-order chi connectivity index (χ0) is 25.9. The summed E-state index contributed by atoms with van der Waals surface area (Å²) in [7, 11) is 0. The molecule has 1 saturated carbocycles. The van der Waals surface area contributed by atoms with Gasteiger partial charge in [0.25, 0.3) is 0 Å². The van der Waals surface area contributed by atoms with Crippen LogP contribution in [0.3, 0.4) is 0 Å².